The molecule has 0 saturated carbocycles. The molecular formula is C18H21BrN6O. The maximum absolute atomic E-state index is 12.0. The lowest BCUT2D eigenvalue weighted by molar-refractivity contribution is 0.0827. The summed E-state index contributed by atoms with van der Waals surface area (Å²) >= 11 is 3.51. The molecule has 0 N–H and O–H groups in total. The van der Waals surface area contributed by atoms with Gasteiger partial charge in [-0.05, 0) is 40.5 Å². The molecule has 0 saturated heterocycles. The van der Waals surface area contributed by atoms with Gasteiger partial charge in [-0.25, -0.2) is 14.6 Å². The van der Waals surface area contributed by atoms with Crippen LogP contribution in [0.3, 0.4) is 0 Å². The normalized spacial score (nSPS) is 11.0. The Balaban J connectivity index is 1.90. The molecule has 3 rings (SSSR count). The summed E-state index contributed by atoms with van der Waals surface area (Å²) in [6.45, 7) is 3.55. The maximum Gasteiger partial charge on any atom is 0.253 e. The van der Waals surface area contributed by atoms with E-state index in [0.717, 1.165) is 33.6 Å². The molecule has 136 valence electrons. The number of rotatable bonds is 5. The van der Waals surface area contributed by atoms with Gasteiger partial charge in [0.1, 0.15) is 16.7 Å². The Labute approximate surface area is 160 Å². The van der Waals surface area contributed by atoms with Crippen molar-refractivity contribution in [3.05, 3.63) is 46.3 Å². The predicted octanol–water partition coefficient (Wildman–Crippen LogP) is 2.85. The number of fused-ring (bicyclic) bond motifs is 1. The monoisotopic (exact) mass is 416 g/mol. The van der Waals surface area contributed by atoms with E-state index >= 15 is 0 Å². The minimum atomic E-state index is 0.000645. The average Bonchev–Trinajstić information content (AvgIpc) is 2.94. The van der Waals surface area contributed by atoms with E-state index in [-0.39, 0.29) is 5.91 Å². The van der Waals surface area contributed by atoms with Crippen LogP contribution in [0.25, 0.3) is 11.0 Å². The van der Waals surface area contributed by atoms with Gasteiger partial charge in [-0.15, -0.1) is 0 Å². The molecular weight excluding hydrogens is 396 g/mol. The molecule has 0 bridgehead atoms. The van der Waals surface area contributed by atoms with Crippen molar-refractivity contribution in [2.24, 2.45) is 7.05 Å². The van der Waals surface area contributed by atoms with Crippen LogP contribution in [0.2, 0.25) is 0 Å². The Morgan fingerprint density at radius 1 is 1.19 bits per heavy atom. The number of carbonyl (C=O) groups is 1. The van der Waals surface area contributed by atoms with Gasteiger partial charge < -0.3 is 9.80 Å². The fraction of sp³-hybridized carbons (Fsp3) is 0.333. The highest BCUT2D eigenvalue weighted by atomic mass is 79.9. The number of aromatic nitrogens is 4. The van der Waals surface area contributed by atoms with Crippen molar-refractivity contribution in [2.45, 2.75) is 13.5 Å². The third-order valence-corrected chi connectivity index (χ3v) is 4.77. The van der Waals surface area contributed by atoms with Crippen molar-refractivity contribution in [3.8, 4) is 0 Å². The van der Waals surface area contributed by atoms with Crippen LogP contribution in [0, 0.1) is 0 Å². The van der Waals surface area contributed by atoms with E-state index in [4.69, 9.17) is 0 Å². The van der Waals surface area contributed by atoms with Crippen LogP contribution in [-0.2, 0) is 13.6 Å². The number of hydrogen-bond acceptors (Lipinski definition) is 5. The highest BCUT2D eigenvalue weighted by Gasteiger charge is 2.18. The van der Waals surface area contributed by atoms with E-state index in [1.807, 2.05) is 31.3 Å². The summed E-state index contributed by atoms with van der Waals surface area (Å²) in [5, 5.41) is 5.28. The van der Waals surface area contributed by atoms with Crippen molar-refractivity contribution in [3.63, 3.8) is 0 Å². The third kappa shape index (κ3) is 3.41. The number of nitrogens with zero attached hydrogens (tertiary/aromatic N) is 6. The Morgan fingerprint density at radius 2 is 1.88 bits per heavy atom. The van der Waals surface area contributed by atoms with E-state index in [2.05, 4.69) is 42.8 Å². The molecule has 0 unspecified atom stereocenters. The maximum atomic E-state index is 12.0. The van der Waals surface area contributed by atoms with E-state index in [0.29, 0.717) is 12.1 Å². The van der Waals surface area contributed by atoms with Crippen LogP contribution >= 0.6 is 15.9 Å². The van der Waals surface area contributed by atoms with Crippen LogP contribution in [0.15, 0.2) is 35.2 Å². The van der Waals surface area contributed by atoms with E-state index < -0.39 is 0 Å². The van der Waals surface area contributed by atoms with Gasteiger partial charge in [0, 0.05) is 39.8 Å². The molecule has 2 aromatic heterocycles. The van der Waals surface area contributed by atoms with Gasteiger partial charge in [-0.3, -0.25) is 4.79 Å². The van der Waals surface area contributed by atoms with E-state index in [1.54, 1.807) is 30.0 Å². The Kier molecular flexibility index (Phi) is 5.22. The summed E-state index contributed by atoms with van der Waals surface area (Å²) < 4.78 is 2.47. The number of benzene rings is 1. The molecule has 0 fully saturated rings. The van der Waals surface area contributed by atoms with Gasteiger partial charge in [0.15, 0.2) is 5.65 Å². The van der Waals surface area contributed by atoms with E-state index in [9.17, 15) is 4.79 Å². The molecule has 0 aliphatic rings. The minimum Gasteiger partial charge on any atom is -0.352 e. The van der Waals surface area contributed by atoms with Crippen molar-refractivity contribution in [1.82, 2.24) is 24.6 Å². The number of amides is 1. The largest absolute Gasteiger partial charge is 0.352 e. The second-order valence-electron chi connectivity index (χ2n) is 6.22. The van der Waals surface area contributed by atoms with Gasteiger partial charge in [0.2, 0.25) is 0 Å². The highest BCUT2D eigenvalue weighted by molar-refractivity contribution is 9.10. The van der Waals surface area contributed by atoms with Crippen molar-refractivity contribution >= 4 is 38.7 Å². The van der Waals surface area contributed by atoms with Gasteiger partial charge in [-0.1, -0.05) is 12.1 Å². The first-order valence-electron chi connectivity index (χ1n) is 8.31. The Morgan fingerprint density at radius 3 is 2.50 bits per heavy atom. The topological polar surface area (TPSA) is 67.2 Å². The molecule has 8 heteroatoms. The number of carbonyl (C=O) groups excluding carboxylic acids is 1. The highest BCUT2D eigenvalue weighted by Crippen LogP contribution is 2.30. The lowest BCUT2D eigenvalue weighted by Gasteiger charge is -2.22. The molecule has 0 aliphatic carbocycles. The molecule has 7 nitrogen and oxygen atoms in total. The first-order chi connectivity index (χ1) is 12.4. The first kappa shape index (κ1) is 18.3. The van der Waals surface area contributed by atoms with Crippen molar-refractivity contribution in [1.29, 1.82) is 0 Å². The SMILES string of the molecule is CCN(Cc1ccc(C(=O)N(C)C)cc1)c1ncnc2c1c(Br)nn2C. The second kappa shape index (κ2) is 7.41. The molecule has 0 aliphatic heterocycles. The number of aryl methyl sites for hydroxylation is 1. The zero-order valence-electron chi connectivity index (χ0n) is 15.3. The zero-order valence-corrected chi connectivity index (χ0v) is 16.9. The fourth-order valence-electron chi connectivity index (χ4n) is 2.83. The smallest absolute Gasteiger partial charge is 0.253 e. The first-order valence-corrected chi connectivity index (χ1v) is 9.10. The Bertz CT molecular complexity index is 935. The molecule has 0 spiro atoms. The lowest BCUT2D eigenvalue weighted by Crippen LogP contribution is -2.24. The zero-order chi connectivity index (χ0) is 18.8. The van der Waals surface area contributed by atoms with Crippen LogP contribution in [0.1, 0.15) is 22.8 Å². The number of halogens is 1. The summed E-state index contributed by atoms with van der Waals surface area (Å²) in [4.78, 5) is 24.6. The minimum absolute atomic E-state index is 0.000645. The van der Waals surface area contributed by atoms with Gasteiger partial charge >= 0.3 is 0 Å². The molecule has 1 amide bonds. The second-order valence-corrected chi connectivity index (χ2v) is 6.97. The number of anilines is 1. The fourth-order valence-corrected chi connectivity index (χ4v) is 3.43. The molecule has 3 aromatic rings. The summed E-state index contributed by atoms with van der Waals surface area (Å²) in [7, 11) is 5.36. The molecule has 1 aromatic carbocycles. The van der Waals surface area contributed by atoms with Crippen molar-refractivity contribution < 1.29 is 4.79 Å². The summed E-state index contributed by atoms with van der Waals surface area (Å²) in [6, 6.07) is 7.69. The van der Waals surface area contributed by atoms with E-state index in [1.165, 1.54) is 0 Å². The summed E-state index contributed by atoms with van der Waals surface area (Å²) in [5.74, 6) is 0.839. The molecule has 0 radical (unpaired) electrons. The van der Waals surface area contributed by atoms with Gasteiger partial charge in [-0.2, -0.15) is 5.10 Å². The molecule has 2 heterocycles. The van der Waals surface area contributed by atoms with Crippen molar-refractivity contribution in [2.75, 3.05) is 25.5 Å². The average molecular weight is 417 g/mol. The summed E-state index contributed by atoms with van der Waals surface area (Å²) in [6.07, 6.45) is 1.56. The van der Waals surface area contributed by atoms with Crippen LogP contribution in [-0.4, -0.2) is 51.2 Å². The quantitative estimate of drug-likeness (QED) is 0.639. The van der Waals surface area contributed by atoms with Crippen LogP contribution in [0.5, 0.6) is 0 Å². The molecule has 0 atom stereocenters. The lowest BCUT2D eigenvalue weighted by atomic mass is 10.1. The van der Waals surface area contributed by atoms with Crippen LogP contribution < -0.4 is 4.90 Å². The Hall–Kier alpha value is -2.48. The van der Waals surface area contributed by atoms with Crippen LogP contribution in [0.4, 0.5) is 5.82 Å². The van der Waals surface area contributed by atoms with Gasteiger partial charge in [0.25, 0.3) is 5.91 Å². The number of hydrogen-bond donors (Lipinski definition) is 0. The third-order valence-electron chi connectivity index (χ3n) is 4.22. The van der Waals surface area contributed by atoms with Gasteiger partial charge in [0.05, 0.1) is 5.39 Å². The standard InChI is InChI=1S/C18H21BrN6O/c1-5-25(10-12-6-8-13(9-7-12)18(26)23(2)3)17-14-15(19)22-24(4)16(14)20-11-21-17/h6-9,11H,5,10H2,1-4H3. The summed E-state index contributed by atoms with van der Waals surface area (Å²) in [5.41, 5.74) is 2.57. The molecule has 26 heavy (non-hydrogen) atoms. The predicted molar refractivity (Wildman–Crippen MR) is 105 cm³/mol.